The molecule has 0 aromatic heterocycles. The van der Waals surface area contributed by atoms with Gasteiger partial charge in [0.2, 0.25) is 11.8 Å². The lowest BCUT2D eigenvalue weighted by Gasteiger charge is -2.43. The van der Waals surface area contributed by atoms with Crippen molar-refractivity contribution in [3.63, 3.8) is 0 Å². The maximum atomic E-state index is 14.5. The van der Waals surface area contributed by atoms with E-state index in [4.69, 9.17) is 9.47 Å². The van der Waals surface area contributed by atoms with E-state index in [1.54, 1.807) is 48.5 Å². The topological polar surface area (TPSA) is 114 Å². The van der Waals surface area contributed by atoms with Crippen LogP contribution >= 0.6 is 0 Å². The van der Waals surface area contributed by atoms with Gasteiger partial charge in [-0.15, -0.1) is 0 Å². The number of carbonyl (C=O) groups excluding carboxylic acids is 4. The Morgan fingerprint density at radius 2 is 1.36 bits per heavy atom. The quantitative estimate of drug-likeness (QED) is 0.340. The van der Waals surface area contributed by atoms with Crippen LogP contribution < -0.4 is 10.6 Å². The molecule has 0 aliphatic rings. The van der Waals surface area contributed by atoms with Crippen LogP contribution in [0.2, 0.25) is 0 Å². The van der Waals surface area contributed by atoms with Crippen molar-refractivity contribution in [2.24, 2.45) is 0 Å². The molecular weight excluding hydrogens is 558 g/mol. The third kappa shape index (κ3) is 11.0. The summed E-state index contributed by atoms with van der Waals surface area (Å²) >= 11 is 0. The highest BCUT2D eigenvalue weighted by Gasteiger charge is 2.42. The van der Waals surface area contributed by atoms with Crippen LogP contribution in [0.3, 0.4) is 0 Å². The normalized spacial score (nSPS) is 14.1. The second-order valence-corrected chi connectivity index (χ2v) is 14.3. The van der Waals surface area contributed by atoms with Crippen LogP contribution in [0, 0.1) is 13.8 Å². The summed E-state index contributed by atoms with van der Waals surface area (Å²) in [6.45, 7) is 21.4. The number of esters is 1. The molecule has 0 radical (unpaired) electrons. The van der Waals surface area contributed by atoms with Gasteiger partial charge in [0.15, 0.2) is 0 Å². The standard InChI is InChI=1S/C35H51N3O6/c1-22-18-19-26(23(2)20-22)28(38(33(4,5)6)30(40)24(3)36-32(42)44-35(10,11)12)29(39)37-27(31(41)43-34(7,8)9)21-25-16-14-13-15-17-25/h13-20,24,27-28H,21H2,1-12H3,(H,36,42)(H,37,39). The summed E-state index contributed by atoms with van der Waals surface area (Å²) in [4.78, 5) is 56.1. The molecule has 9 nitrogen and oxygen atoms in total. The van der Waals surface area contributed by atoms with E-state index >= 15 is 0 Å². The Hall–Kier alpha value is -3.88. The Bertz CT molecular complexity index is 1320. The number of ether oxygens (including phenoxy) is 2. The Morgan fingerprint density at radius 3 is 1.86 bits per heavy atom. The number of carbonyl (C=O) groups is 4. The predicted molar refractivity (Wildman–Crippen MR) is 172 cm³/mol. The molecule has 0 saturated heterocycles. The van der Waals surface area contributed by atoms with Gasteiger partial charge >= 0.3 is 12.1 Å². The molecule has 3 unspecified atom stereocenters. The number of nitrogens with zero attached hydrogens (tertiary/aromatic N) is 1. The fourth-order valence-corrected chi connectivity index (χ4v) is 4.80. The third-order valence-electron chi connectivity index (χ3n) is 6.58. The molecule has 2 N–H and O–H groups in total. The van der Waals surface area contributed by atoms with Crippen molar-refractivity contribution in [3.8, 4) is 0 Å². The number of hydrogen-bond acceptors (Lipinski definition) is 6. The summed E-state index contributed by atoms with van der Waals surface area (Å²) in [6, 6.07) is 11.8. The van der Waals surface area contributed by atoms with E-state index in [1.165, 1.54) is 4.90 Å². The molecule has 0 heterocycles. The van der Waals surface area contributed by atoms with Gasteiger partial charge in [0.05, 0.1) is 0 Å². The van der Waals surface area contributed by atoms with E-state index in [9.17, 15) is 19.2 Å². The van der Waals surface area contributed by atoms with Crippen LogP contribution in [0.5, 0.6) is 0 Å². The van der Waals surface area contributed by atoms with E-state index < -0.39 is 58.7 Å². The molecule has 0 saturated carbocycles. The summed E-state index contributed by atoms with van der Waals surface area (Å²) in [5.74, 6) is -1.61. The van der Waals surface area contributed by atoms with Crippen LogP contribution in [0.4, 0.5) is 4.79 Å². The van der Waals surface area contributed by atoms with Crippen molar-refractivity contribution < 1.29 is 28.7 Å². The maximum absolute atomic E-state index is 14.5. The summed E-state index contributed by atoms with van der Waals surface area (Å²) in [6.07, 6.45) is -0.547. The van der Waals surface area contributed by atoms with Crippen molar-refractivity contribution in [1.82, 2.24) is 15.5 Å². The van der Waals surface area contributed by atoms with Gasteiger partial charge in [-0.2, -0.15) is 0 Å². The Balaban J connectivity index is 2.61. The van der Waals surface area contributed by atoms with Crippen molar-refractivity contribution >= 4 is 23.9 Å². The zero-order chi connectivity index (χ0) is 33.6. The smallest absolute Gasteiger partial charge is 0.408 e. The number of hydrogen-bond donors (Lipinski definition) is 2. The Labute approximate surface area is 263 Å². The lowest BCUT2D eigenvalue weighted by Crippen LogP contribution is -2.59. The summed E-state index contributed by atoms with van der Waals surface area (Å²) < 4.78 is 11.1. The Kier molecular flexibility index (Phi) is 11.8. The van der Waals surface area contributed by atoms with Crippen molar-refractivity contribution in [2.45, 2.75) is 124 Å². The highest BCUT2D eigenvalue weighted by molar-refractivity contribution is 5.94. The van der Waals surface area contributed by atoms with Gasteiger partial charge in [-0.05, 0) is 99.8 Å². The van der Waals surface area contributed by atoms with Gasteiger partial charge in [-0.1, -0.05) is 54.1 Å². The maximum Gasteiger partial charge on any atom is 0.408 e. The van der Waals surface area contributed by atoms with Crippen LogP contribution in [0.25, 0.3) is 0 Å². The molecule has 2 aromatic rings. The number of aryl methyl sites for hydroxylation is 2. The molecule has 0 spiro atoms. The van der Waals surface area contributed by atoms with Gasteiger partial charge in [0.1, 0.15) is 29.3 Å². The molecular formula is C35H51N3O6. The fourth-order valence-electron chi connectivity index (χ4n) is 4.80. The first-order valence-electron chi connectivity index (χ1n) is 15.1. The van der Waals surface area contributed by atoms with Crippen LogP contribution in [-0.2, 0) is 30.3 Å². The second kappa shape index (κ2) is 14.3. The molecule has 3 atom stereocenters. The monoisotopic (exact) mass is 609 g/mol. The molecule has 0 fully saturated rings. The summed E-state index contributed by atoms with van der Waals surface area (Å²) in [5.41, 5.74) is 0.828. The minimum Gasteiger partial charge on any atom is -0.458 e. The van der Waals surface area contributed by atoms with E-state index in [0.29, 0.717) is 5.56 Å². The first kappa shape index (κ1) is 36.3. The first-order valence-corrected chi connectivity index (χ1v) is 15.1. The van der Waals surface area contributed by atoms with Crippen LogP contribution in [0.15, 0.2) is 48.5 Å². The van der Waals surface area contributed by atoms with Gasteiger partial charge in [0, 0.05) is 12.0 Å². The van der Waals surface area contributed by atoms with Crippen molar-refractivity contribution in [1.29, 1.82) is 0 Å². The number of rotatable bonds is 9. The van der Waals surface area contributed by atoms with Gasteiger partial charge in [0.25, 0.3) is 0 Å². The molecule has 0 bridgehead atoms. The predicted octanol–water partition coefficient (Wildman–Crippen LogP) is 5.95. The lowest BCUT2D eigenvalue weighted by atomic mass is 9.92. The molecule has 44 heavy (non-hydrogen) atoms. The zero-order valence-electron chi connectivity index (χ0n) is 28.5. The molecule has 2 aromatic carbocycles. The summed E-state index contributed by atoms with van der Waals surface area (Å²) in [7, 11) is 0. The SMILES string of the molecule is Cc1ccc(C(C(=O)NC(Cc2ccccc2)C(=O)OC(C)(C)C)N(C(=O)C(C)NC(=O)OC(C)(C)C)C(C)(C)C)c(C)c1. The molecule has 0 aliphatic heterocycles. The van der Waals surface area contributed by atoms with Crippen molar-refractivity contribution in [3.05, 3.63) is 70.8 Å². The average Bonchev–Trinajstić information content (AvgIpc) is 2.84. The third-order valence-corrected chi connectivity index (χ3v) is 6.58. The number of benzene rings is 2. The summed E-state index contributed by atoms with van der Waals surface area (Å²) in [5, 5.41) is 5.54. The fraction of sp³-hybridized carbons (Fsp3) is 0.543. The van der Waals surface area contributed by atoms with Crippen LogP contribution in [0.1, 0.15) is 97.5 Å². The molecule has 2 rings (SSSR count). The minimum atomic E-state index is -1.13. The Morgan fingerprint density at radius 1 is 0.795 bits per heavy atom. The van der Waals surface area contributed by atoms with E-state index in [-0.39, 0.29) is 6.42 Å². The van der Waals surface area contributed by atoms with E-state index in [2.05, 4.69) is 10.6 Å². The minimum absolute atomic E-state index is 0.196. The number of nitrogens with one attached hydrogen (secondary N) is 2. The van der Waals surface area contributed by atoms with Gasteiger partial charge in [-0.25, -0.2) is 9.59 Å². The largest absolute Gasteiger partial charge is 0.458 e. The van der Waals surface area contributed by atoms with E-state index in [1.807, 2.05) is 83.1 Å². The molecule has 0 aliphatic carbocycles. The lowest BCUT2D eigenvalue weighted by molar-refractivity contribution is -0.159. The second-order valence-electron chi connectivity index (χ2n) is 14.3. The van der Waals surface area contributed by atoms with Crippen LogP contribution in [-0.4, -0.2) is 57.6 Å². The molecule has 9 heteroatoms. The molecule has 3 amide bonds. The first-order chi connectivity index (χ1) is 20.1. The van der Waals surface area contributed by atoms with Gasteiger partial charge < -0.3 is 25.0 Å². The van der Waals surface area contributed by atoms with Crippen molar-refractivity contribution in [2.75, 3.05) is 0 Å². The zero-order valence-corrected chi connectivity index (χ0v) is 28.5. The number of alkyl carbamates (subject to hydrolysis) is 1. The van der Waals surface area contributed by atoms with Gasteiger partial charge in [-0.3, -0.25) is 9.59 Å². The van der Waals surface area contributed by atoms with E-state index in [0.717, 1.165) is 16.7 Å². The molecule has 242 valence electrons. The number of amides is 3. The highest BCUT2D eigenvalue weighted by atomic mass is 16.6. The average molecular weight is 610 g/mol. The highest BCUT2D eigenvalue weighted by Crippen LogP contribution is 2.32.